The summed E-state index contributed by atoms with van der Waals surface area (Å²) >= 11 is 0. The van der Waals surface area contributed by atoms with E-state index in [9.17, 15) is 0 Å². The Morgan fingerprint density at radius 3 is 1.95 bits per heavy atom. The van der Waals surface area contributed by atoms with Gasteiger partial charge < -0.3 is 9.31 Å². The van der Waals surface area contributed by atoms with Crippen LogP contribution in [0.4, 0.5) is 0 Å². The van der Waals surface area contributed by atoms with E-state index in [1.54, 1.807) is 0 Å². The molecular weight excluding hydrogens is 247 g/mol. The lowest BCUT2D eigenvalue weighted by Gasteiger charge is -2.32. The van der Waals surface area contributed by atoms with Crippen molar-refractivity contribution in [2.45, 2.75) is 58.2 Å². The van der Waals surface area contributed by atoms with Crippen LogP contribution in [0.15, 0.2) is 29.7 Å². The van der Waals surface area contributed by atoms with Gasteiger partial charge in [-0.2, -0.15) is 0 Å². The molecule has 0 unspecified atom stereocenters. The van der Waals surface area contributed by atoms with E-state index in [1.165, 1.54) is 16.6 Å². The van der Waals surface area contributed by atoms with Crippen LogP contribution in [0.3, 0.4) is 0 Å². The summed E-state index contributed by atoms with van der Waals surface area (Å²) in [5.74, 6) is 0. The zero-order valence-corrected chi connectivity index (χ0v) is 13.3. The highest BCUT2D eigenvalue weighted by molar-refractivity contribution is 6.56. The van der Waals surface area contributed by atoms with Crippen LogP contribution in [-0.2, 0) is 14.7 Å². The van der Waals surface area contributed by atoms with E-state index in [1.807, 2.05) is 0 Å². The normalized spacial score (nSPS) is 25.5. The van der Waals surface area contributed by atoms with Crippen LogP contribution in [0.1, 0.15) is 52.7 Å². The third-order valence-corrected chi connectivity index (χ3v) is 5.17. The van der Waals surface area contributed by atoms with Crippen LogP contribution >= 0.6 is 0 Å². The van der Waals surface area contributed by atoms with E-state index in [4.69, 9.17) is 9.31 Å². The first kappa shape index (κ1) is 13.9. The molecule has 1 aliphatic heterocycles. The Bertz CT molecular complexity index is 568. The van der Waals surface area contributed by atoms with E-state index >= 15 is 0 Å². The summed E-state index contributed by atoms with van der Waals surface area (Å²) in [4.78, 5) is 0. The van der Waals surface area contributed by atoms with Crippen molar-refractivity contribution in [2.24, 2.45) is 0 Å². The first-order valence-corrected chi connectivity index (χ1v) is 7.32. The molecule has 0 amide bonds. The van der Waals surface area contributed by atoms with Crippen LogP contribution in [0.25, 0.3) is 6.08 Å². The van der Waals surface area contributed by atoms with Crippen LogP contribution in [-0.4, -0.2) is 18.3 Å². The lowest BCUT2D eigenvalue weighted by atomic mass is 9.64. The second kappa shape index (κ2) is 3.99. The maximum atomic E-state index is 6.22. The van der Waals surface area contributed by atoms with Gasteiger partial charge in [0.25, 0.3) is 0 Å². The molecule has 1 fully saturated rings. The lowest BCUT2D eigenvalue weighted by Crippen LogP contribution is -2.41. The molecule has 1 heterocycles. The Morgan fingerprint density at radius 2 is 1.40 bits per heavy atom. The molecule has 3 rings (SSSR count). The molecule has 106 valence electrons. The van der Waals surface area contributed by atoms with E-state index in [0.29, 0.717) is 0 Å². The maximum absolute atomic E-state index is 6.22. The standard InChI is InChI=1S/C17H23BO2/c1-15(2)13-10-8-7-9-12(13)11-14(15)18-19-16(3,4)17(5,6)20-18/h7-11H,1-6H3. The van der Waals surface area contributed by atoms with Gasteiger partial charge in [0, 0.05) is 5.41 Å². The lowest BCUT2D eigenvalue weighted by molar-refractivity contribution is 0.00578. The van der Waals surface area contributed by atoms with E-state index in [2.05, 4.69) is 71.9 Å². The average Bonchev–Trinajstić information content (AvgIpc) is 2.71. The third kappa shape index (κ3) is 1.80. The van der Waals surface area contributed by atoms with E-state index in [0.717, 1.165) is 0 Å². The van der Waals surface area contributed by atoms with E-state index < -0.39 is 0 Å². The summed E-state index contributed by atoms with van der Waals surface area (Å²) in [6.45, 7) is 12.9. The predicted molar refractivity (Wildman–Crippen MR) is 83.5 cm³/mol. The van der Waals surface area contributed by atoms with Crippen molar-refractivity contribution in [1.82, 2.24) is 0 Å². The minimum absolute atomic E-state index is 0.0439. The van der Waals surface area contributed by atoms with Gasteiger partial charge in [0.05, 0.1) is 11.2 Å². The first-order valence-electron chi connectivity index (χ1n) is 7.32. The van der Waals surface area contributed by atoms with Crippen molar-refractivity contribution in [3.8, 4) is 0 Å². The molecule has 0 atom stereocenters. The SMILES string of the molecule is CC1(C)C(B2OC(C)(C)C(C)(C)O2)=Cc2ccccc21. The van der Waals surface area contributed by atoms with Crippen LogP contribution in [0.5, 0.6) is 0 Å². The summed E-state index contributed by atoms with van der Waals surface area (Å²) in [7, 11) is -0.262. The van der Waals surface area contributed by atoms with Crippen LogP contribution in [0.2, 0.25) is 0 Å². The summed E-state index contributed by atoms with van der Waals surface area (Å²) in [5.41, 5.74) is 3.23. The molecule has 2 nitrogen and oxygen atoms in total. The van der Waals surface area contributed by atoms with Gasteiger partial charge in [0.1, 0.15) is 0 Å². The average molecular weight is 270 g/mol. The van der Waals surface area contributed by atoms with Gasteiger partial charge in [0.2, 0.25) is 0 Å². The molecule has 1 aromatic rings. The highest BCUT2D eigenvalue weighted by atomic mass is 16.7. The summed E-state index contributed by atoms with van der Waals surface area (Å²) < 4.78 is 12.4. The molecule has 2 aliphatic rings. The number of hydrogen-bond acceptors (Lipinski definition) is 2. The molecule has 1 aromatic carbocycles. The summed E-state index contributed by atoms with van der Waals surface area (Å²) in [5, 5.41) is 0. The van der Waals surface area contributed by atoms with Gasteiger partial charge in [-0.3, -0.25) is 0 Å². The zero-order valence-electron chi connectivity index (χ0n) is 13.3. The maximum Gasteiger partial charge on any atom is 0.491 e. The molecular formula is C17H23BO2. The molecule has 20 heavy (non-hydrogen) atoms. The second-order valence-corrected chi connectivity index (χ2v) is 7.40. The van der Waals surface area contributed by atoms with Gasteiger partial charge in [-0.25, -0.2) is 0 Å². The number of benzene rings is 1. The fourth-order valence-corrected chi connectivity index (χ4v) is 3.03. The van der Waals surface area contributed by atoms with Crippen molar-refractivity contribution in [1.29, 1.82) is 0 Å². The molecule has 1 aliphatic carbocycles. The van der Waals surface area contributed by atoms with E-state index in [-0.39, 0.29) is 23.7 Å². The Morgan fingerprint density at radius 1 is 0.850 bits per heavy atom. The Balaban J connectivity index is 1.99. The van der Waals surface area contributed by atoms with Gasteiger partial charge in [-0.05, 0) is 44.3 Å². The number of rotatable bonds is 1. The second-order valence-electron chi connectivity index (χ2n) is 7.40. The Labute approximate surface area is 122 Å². The van der Waals surface area contributed by atoms with Crippen molar-refractivity contribution >= 4 is 13.2 Å². The number of hydrogen-bond donors (Lipinski definition) is 0. The minimum atomic E-state index is -0.288. The molecule has 3 heteroatoms. The van der Waals surface area contributed by atoms with Crippen molar-refractivity contribution < 1.29 is 9.31 Å². The van der Waals surface area contributed by atoms with Crippen LogP contribution < -0.4 is 0 Å². The Hall–Kier alpha value is -1.06. The third-order valence-electron chi connectivity index (χ3n) is 5.17. The van der Waals surface area contributed by atoms with Gasteiger partial charge in [-0.15, -0.1) is 0 Å². The molecule has 0 saturated carbocycles. The van der Waals surface area contributed by atoms with Crippen molar-refractivity contribution in [2.75, 3.05) is 0 Å². The topological polar surface area (TPSA) is 18.5 Å². The van der Waals surface area contributed by atoms with Gasteiger partial charge in [-0.1, -0.05) is 44.2 Å². The zero-order chi connectivity index (χ0) is 14.8. The number of allylic oxidation sites excluding steroid dienone is 1. The molecule has 0 radical (unpaired) electrons. The quantitative estimate of drug-likeness (QED) is 0.718. The summed E-state index contributed by atoms with van der Waals surface area (Å²) in [6.07, 6.45) is 2.23. The predicted octanol–water partition coefficient (Wildman–Crippen LogP) is 3.99. The van der Waals surface area contributed by atoms with Crippen molar-refractivity contribution in [3.05, 3.63) is 40.9 Å². The van der Waals surface area contributed by atoms with Crippen molar-refractivity contribution in [3.63, 3.8) is 0 Å². The first-order chi connectivity index (χ1) is 9.15. The monoisotopic (exact) mass is 270 g/mol. The molecule has 0 N–H and O–H groups in total. The number of fused-ring (bicyclic) bond motifs is 1. The molecule has 0 spiro atoms. The fraction of sp³-hybridized carbons (Fsp3) is 0.529. The minimum Gasteiger partial charge on any atom is -0.400 e. The van der Waals surface area contributed by atoms with Gasteiger partial charge in [0.15, 0.2) is 0 Å². The van der Waals surface area contributed by atoms with Gasteiger partial charge >= 0.3 is 7.12 Å². The summed E-state index contributed by atoms with van der Waals surface area (Å²) in [6, 6.07) is 8.54. The molecule has 0 bridgehead atoms. The fourth-order valence-electron chi connectivity index (χ4n) is 3.03. The molecule has 0 aromatic heterocycles. The largest absolute Gasteiger partial charge is 0.491 e. The highest BCUT2D eigenvalue weighted by Crippen LogP contribution is 2.47. The Kier molecular flexibility index (Phi) is 2.77. The molecule has 1 saturated heterocycles. The van der Waals surface area contributed by atoms with Crippen LogP contribution in [0, 0.1) is 0 Å². The smallest absolute Gasteiger partial charge is 0.400 e. The highest BCUT2D eigenvalue weighted by Gasteiger charge is 2.55.